The monoisotopic (exact) mass is 365 g/mol. The summed E-state index contributed by atoms with van der Waals surface area (Å²) in [5, 5.41) is 9.60. The zero-order valence-electron chi connectivity index (χ0n) is 16.6. The summed E-state index contributed by atoms with van der Waals surface area (Å²) in [6, 6.07) is 8.45. The van der Waals surface area contributed by atoms with E-state index in [0.29, 0.717) is 5.56 Å². The minimum Gasteiger partial charge on any atom is -0.376 e. The molecular weight excluding hydrogens is 338 g/mol. The highest BCUT2D eigenvalue weighted by molar-refractivity contribution is 5.73. The molecule has 0 spiro atoms. The van der Waals surface area contributed by atoms with Crippen LogP contribution in [0.15, 0.2) is 30.6 Å². The lowest BCUT2D eigenvalue weighted by molar-refractivity contribution is 0.249. The predicted octanol–water partition coefficient (Wildman–Crippen LogP) is 1.80. The van der Waals surface area contributed by atoms with E-state index in [1.54, 1.807) is 0 Å². The molecule has 7 nitrogen and oxygen atoms in total. The third-order valence-corrected chi connectivity index (χ3v) is 4.81. The summed E-state index contributed by atoms with van der Waals surface area (Å²) >= 11 is 0. The first-order valence-corrected chi connectivity index (χ1v) is 9.15. The van der Waals surface area contributed by atoms with E-state index in [9.17, 15) is 5.26 Å². The molecule has 2 aromatic rings. The number of pyridine rings is 2. The van der Waals surface area contributed by atoms with E-state index in [-0.39, 0.29) is 0 Å². The highest BCUT2D eigenvalue weighted by atomic mass is 15.3. The second kappa shape index (κ2) is 8.23. The average molecular weight is 365 g/mol. The van der Waals surface area contributed by atoms with E-state index in [4.69, 9.17) is 4.98 Å². The molecule has 0 atom stereocenters. The number of anilines is 3. The maximum Gasteiger partial charge on any atom is 0.150 e. The van der Waals surface area contributed by atoms with Gasteiger partial charge in [-0.3, -0.25) is 9.88 Å². The molecule has 1 saturated heterocycles. The molecule has 0 radical (unpaired) electrons. The van der Waals surface area contributed by atoms with Crippen molar-refractivity contribution in [2.24, 2.45) is 0 Å². The second-order valence-corrected chi connectivity index (χ2v) is 7.22. The number of nitriles is 1. The molecule has 142 valence electrons. The Morgan fingerprint density at radius 3 is 2.41 bits per heavy atom. The molecule has 2 aromatic heterocycles. The molecule has 3 rings (SSSR count). The van der Waals surface area contributed by atoms with Gasteiger partial charge < -0.3 is 14.7 Å². The van der Waals surface area contributed by atoms with Crippen LogP contribution in [0.1, 0.15) is 11.1 Å². The zero-order chi connectivity index (χ0) is 19.4. The Morgan fingerprint density at radius 2 is 1.85 bits per heavy atom. The normalized spacial score (nSPS) is 14.7. The molecule has 3 heterocycles. The summed E-state index contributed by atoms with van der Waals surface area (Å²) in [5.74, 6) is 1.65. The topological polar surface area (TPSA) is 62.5 Å². The van der Waals surface area contributed by atoms with Crippen LogP contribution in [0.2, 0.25) is 0 Å². The minimum atomic E-state index is 0.615. The fraction of sp³-hybridized carbons (Fsp3) is 0.450. The zero-order valence-corrected chi connectivity index (χ0v) is 16.6. The molecule has 0 unspecified atom stereocenters. The van der Waals surface area contributed by atoms with Gasteiger partial charge in [0.15, 0.2) is 5.82 Å². The van der Waals surface area contributed by atoms with E-state index >= 15 is 0 Å². The Bertz CT molecular complexity index is 774. The van der Waals surface area contributed by atoms with E-state index in [1.807, 2.05) is 62.5 Å². The third-order valence-electron chi connectivity index (χ3n) is 4.81. The Morgan fingerprint density at radius 1 is 1.11 bits per heavy atom. The van der Waals surface area contributed by atoms with Gasteiger partial charge in [-0.2, -0.15) is 5.26 Å². The van der Waals surface area contributed by atoms with Gasteiger partial charge in [-0.15, -0.1) is 0 Å². The first-order chi connectivity index (χ1) is 13.0. The van der Waals surface area contributed by atoms with Crippen LogP contribution in [0.4, 0.5) is 17.3 Å². The van der Waals surface area contributed by atoms with Crippen molar-refractivity contribution in [3.63, 3.8) is 0 Å². The minimum absolute atomic E-state index is 0.615. The van der Waals surface area contributed by atoms with Gasteiger partial charge >= 0.3 is 0 Å². The van der Waals surface area contributed by atoms with Gasteiger partial charge in [0.05, 0.1) is 5.69 Å². The molecule has 0 aliphatic carbocycles. The number of piperazine rings is 1. The van der Waals surface area contributed by atoms with Gasteiger partial charge in [0.1, 0.15) is 17.5 Å². The van der Waals surface area contributed by atoms with Crippen LogP contribution in [0.25, 0.3) is 0 Å². The number of hydrogen-bond donors (Lipinski definition) is 0. The average Bonchev–Trinajstić information content (AvgIpc) is 2.68. The Kier molecular flexibility index (Phi) is 5.77. The number of nitrogens with zero attached hydrogens (tertiary/aromatic N) is 7. The fourth-order valence-electron chi connectivity index (χ4n) is 3.34. The second-order valence-electron chi connectivity index (χ2n) is 7.22. The highest BCUT2D eigenvalue weighted by Crippen LogP contribution is 2.31. The lowest BCUT2D eigenvalue weighted by Gasteiger charge is -2.36. The number of rotatable bonds is 5. The largest absolute Gasteiger partial charge is 0.376 e. The molecule has 0 N–H and O–H groups in total. The van der Waals surface area contributed by atoms with Crippen LogP contribution in [-0.4, -0.2) is 69.2 Å². The summed E-state index contributed by atoms with van der Waals surface area (Å²) in [7, 11) is 7.78. The number of aromatic nitrogens is 2. The van der Waals surface area contributed by atoms with Gasteiger partial charge in [-0.25, -0.2) is 4.98 Å². The fourth-order valence-corrected chi connectivity index (χ4v) is 3.34. The Labute approximate surface area is 161 Å². The van der Waals surface area contributed by atoms with Crippen LogP contribution >= 0.6 is 0 Å². The quantitative estimate of drug-likeness (QED) is 0.801. The smallest absolute Gasteiger partial charge is 0.150 e. The van der Waals surface area contributed by atoms with Gasteiger partial charge in [-0.1, -0.05) is 6.07 Å². The van der Waals surface area contributed by atoms with Gasteiger partial charge in [0.25, 0.3) is 0 Å². The molecule has 0 amide bonds. The Hall–Kier alpha value is -2.85. The van der Waals surface area contributed by atoms with E-state index in [0.717, 1.165) is 50.0 Å². The van der Waals surface area contributed by atoms with Crippen LogP contribution in [0.5, 0.6) is 0 Å². The molecule has 1 aliphatic heterocycles. The van der Waals surface area contributed by atoms with Crippen LogP contribution < -0.4 is 14.7 Å². The van der Waals surface area contributed by atoms with Crippen molar-refractivity contribution < 1.29 is 0 Å². The summed E-state index contributed by atoms with van der Waals surface area (Å²) in [6.45, 7) is 4.71. The van der Waals surface area contributed by atoms with Gasteiger partial charge in [0, 0.05) is 79.4 Å². The van der Waals surface area contributed by atoms with Crippen LogP contribution in [0.3, 0.4) is 0 Å². The summed E-state index contributed by atoms with van der Waals surface area (Å²) in [4.78, 5) is 17.6. The molecule has 1 fully saturated rings. The lowest BCUT2D eigenvalue weighted by atomic mass is 10.2. The first kappa shape index (κ1) is 18.9. The van der Waals surface area contributed by atoms with Crippen molar-refractivity contribution in [1.29, 1.82) is 5.26 Å². The molecule has 7 heteroatoms. The molecule has 0 bridgehead atoms. The lowest BCUT2D eigenvalue weighted by Crippen LogP contribution is -2.46. The molecule has 27 heavy (non-hydrogen) atoms. The van der Waals surface area contributed by atoms with E-state index in [1.165, 1.54) is 5.56 Å². The van der Waals surface area contributed by atoms with Crippen molar-refractivity contribution in [3.8, 4) is 6.07 Å². The third kappa shape index (κ3) is 4.29. The van der Waals surface area contributed by atoms with Gasteiger partial charge in [0.2, 0.25) is 0 Å². The predicted molar refractivity (Wildman–Crippen MR) is 109 cm³/mol. The van der Waals surface area contributed by atoms with E-state index in [2.05, 4.69) is 26.9 Å². The maximum absolute atomic E-state index is 9.60. The molecule has 0 saturated carbocycles. The van der Waals surface area contributed by atoms with E-state index < -0.39 is 0 Å². The summed E-state index contributed by atoms with van der Waals surface area (Å²) in [5.41, 5.74) is 2.76. The van der Waals surface area contributed by atoms with Crippen molar-refractivity contribution in [2.45, 2.75) is 6.54 Å². The molecular formula is C20H27N7. The Balaban J connectivity index is 1.76. The maximum atomic E-state index is 9.60. The van der Waals surface area contributed by atoms with Crippen LogP contribution in [-0.2, 0) is 6.54 Å². The highest BCUT2D eigenvalue weighted by Gasteiger charge is 2.22. The van der Waals surface area contributed by atoms with Crippen molar-refractivity contribution in [1.82, 2.24) is 14.9 Å². The molecule has 0 aromatic carbocycles. The standard InChI is InChI=1S/C20H27N7/c1-24(2)18-12-19(23-20(25(3)4)17(18)13-21)27-10-8-26(9-11-27)15-16-6-5-7-22-14-16/h5-7,12,14H,8-11,15H2,1-4H3. The van der Waals surface area contributed by atoms with Gasteiger partial charge in [-0.05, 0) is 11.6 Å². The van der Waals surface area contributed by atoms with Crippen molar-refractivity contribution in [3.05, 3.63) is 41.7 Å². The summed E-state index contributed by atoms with van der Waals surface area (Å²) in [6.07, 6.45) is 3.74. The van der Waals surface area contributed by atoms with Crippen molar-refractivity contribution >= 4 is 17.3 Å². The number of hydrogen-bond acceptors (Lipinski definition) is 7. The van der Waals surface area contributed by atoms with Crippen LogP contribution in [0, 0.1) is 11.3 Å². The first-order valence-electron chi connectivity index (χ1n) is 9.15. The SMILES string of the molecule is CN(C)c1cc(N2CCN(Cc3cccnc3)CC2)nc(N(C)C)c1C#N. The summed E-state index contributed by atoms with van der Waals surface area (Å²) < 4.78 is 0. The molecule has 1 aliphatic rings. The van der Waals surface area contributed by atoms with Crippen molar-refractivity contribution in [2.75, 3.05) is 69.1 Å².